The van der Waals surface area contributed by atoms with Gasteiger partial charge >= 0.3 is 0 Å². The van der Waals surface area contributed by atoms with E-state index in [0.29, 0.717) is 12.1 Å². The van der Waals surface area contributed by atoms with Crippen LogP contribution in [-0.4, -0.2) is 66.9 Å². The highest BCUT2D eigenvalue weighted by molar-refractivity contribution is 5.99. The summed E-state index contributed by atoms with van der Waals surface area (Å²) < 4.78 is 1.87. The molecule has 5 heterocycles. The fourth-order valence-electron chi connectivity index (χ4n) is 5.23. The van der Waals surface area contributed by atoms with Crippen molar-refractivity contribution in [3.8, 4) is 0 Å². The van der Waals surface area contributed by atoms with Gasteiger partial charge in [-0.3, -0.25) is 19.6 Å². The summed E-state index contributed by atoms with van der Waals surface area (Å²) in [6.07, 6.45) is 16.5. The zero-order valence-corrected chi connectivity index (χ0v) is 21.3. The molecule has 0 saturated carbocycles. The minimum atomic E-state index is -0.0756. The Morgan fingerprint density at radius 1 is 1.14 bits per heavy atom. The Labute approximate surface area is 207 Å². The summed E-state index contributed by atoms with van der Waals surface area (Å²) in [5, 5.41) is 4.76. The molecule has 2 aromatic rings. The molecule has 1 fully saturated rings. The maximum Gasteiger partial charge on any atom is 0.255 e. The molecule has 0 aliphatic carbocycles. The molecule has 1 amide bonds. The highest BCUT2D eigenvalue weighted by Gasteiger charge is 2.28. The maximum absolute atomic E-state index is 13.4. The molecule has 1 saturated heterocycles. The van der Waals surface area contributed by atoms with Gasteiger partial charge < -0.3 is 4.90 Å². The predicted molar refractivity (Wildman–Crippen MR) is 139 cm³/mol. The van der Waals surface area contributed by atoms with E-state index in [9.17, 15) is 4.79 Å². The van der Waals surface area contributed by atoms with Crippen molar-refractivity contribution in [2.24, 2.45) is 0 Å². The van der Waals surface area contributed by atoms with E-state index in [-0.39, 0.29) is 5.91 Å². The van der Waals surface area contributed by atoms with E-state index < -0.39 is 0 Å². The van der Waals surface area contributed by atoms with Crippen molar-refractivity contribution in [3.63, 3.8) is 0 Å². The van der Waals surface area contributed by atoms with E-state index >= 15 is 0 Å². The largest absolute Gasteiger partial charge is 0.367 e. The lowest BCUT2D eigenvalue weighted by Gasteiger charge is -2.44. The fraction of sp³-hybridized carbons (Fsp3) is 0.393. The van der Waals surface area contributed by atoms with Crippen molar-refractivity contribution < 1.29 is 4.79 Å². The molecule has 0 N–H and O–H groups in total. The molecule has 0 bridgehead atoms. The van der Waals surface area contributed by atoms with Gasteiger partial charge in [-0.05, 0) is 58.4 Å². The molecule has 3 aliphatic rings. The molecule has 5 rings (SSSR count). The van der Waals surface area contributed by atoms with Crippen LogP contribution in [0, 0.1) is 6.92 Å². The summed E-state index contributed by atoms with van der Waals surface area (Å²) in [5.74, 6) is -0.0756. The number of allylic oxidation sites excluding steroid dienone is 6. The zero-order valence-electron chi connectivity index (χ0n) is 21.3. The van der Waals surface area contributed by atoms with Gasteiger partial charge in [0.2, 0.25) is 0 Å². The normalized spacial score (nSPS) is 22.6. The van der Waals surface area contributed by atoms with Gasteiger partial charge in [0, 0.05) is 55.3 Å². The summed E-state index contributed by atoms with van der Waals surface area (Å²) in [4.78, 5) is 24.7. The van der Waals surface area contributed by atoms with Crippen LogP contribution in [0.4, 0.5) is 0 Å². The van der Waals surface area contributed by atoms with Gasteiger partial charge in [0.05, 0.1) is 34.5 Å². The summed E-state index contributed by atoms with van der Waals surface area (Å²) >= 11 is 0. The average molecular weight is 471 g/mol. The smallest absolute Gasteiger partial charge is 0.255 e. The first-order chi connectivity index (χ1) is 16.8. The highest BCUT2D eigenvalue weighted by atomic mass is 16.2. The van der Waals surface area contributed by atoms with E-state index in [0.717, 1.165) is 65.6 Å². The van der Waals surface area contributed by atoms with Crippen molar-refractivity contribution >= 4 is 17.0 Å². The number of nitrogens with zero attached hydrogens (tertiary/aromatic N) is 6. The van der Waals surface area contributed by atoms with Crippen LogP contribution in [0.15, 0.2) is 66.3 Å². The molecule has 0 radical (unpaired) electrons. The monoisotopic (exact) mass is 470 g/mol. The van der Waals surface area contributed by atoms with Crippen LogP contribution in [0.5, 0.6) is 0 Å². The van der Waals surface area contributed by atoms with E-state index in [2.05, 4.69) is 48.6 Å². The van der Waals surface area contributed by atoms with E-state index in [1.807, 2.05) is 54.2 Å². The molecule has 0 spiro atoms. The Kier molecular flexibility index (Phi) is 6.19. The number of piperazine rings is 1. The first-order valence-corrected chi connectivity index (χ1v) is 12.5. The lowest BCUT2D eigenvalue weighted by atomic mass is 10.1. The van der Waals surface area contributed by atoms with E-state index in [4.69, 9.17) is 5.10 Å². The number of amides is 1. The molecule has 0 unspecified atom stereocenters. The van der Waals surface area contributed by atoms with Crippen molar-refractivity contribution in [1.82, 2.24) is 29.3 Å². The standard InChI is InChI=1S/C28H34N6O/c1-6-25-27-15-26(30-34(27)16-20(4)29-25)22-8-7-9-23-10-11-24(18-33(23)28(35)14-22)31-12-13-32(19(2)3)21(5)17-31/h7-11,14-16,18-19,21H,6,12-13,17H2,1-5H3/b8-7?,22-14?,23-9+/t21-/m1/s1. The average Bonchev–Trinajstić information content (AvgIpc) is 3.25. The van der Waals surface area contributed by atoms with Crippen molar-refractivity contribution in [2.75, 3.05) is 19.6 Å². The van der Waals surface area contributed by atoms with E-state index in [1.54, 1.807) is 11.0 Å². The second-order valence-electron chi connectivity index (χ2n) is 9.81. The number of aromatic nitrogens is 3. The Bertz CT molecular complexity index is 1310. The van der Waals surface area contributed by atoms with Crippen LogP contribution >= 0.6 is 0 Å². The number of carbonyl (C=O) groups excluding carboxylic acids is 1. The number of hydrogen-bond acceptors (Lipinski definition) is 5. The van der Waals surface area contributed by atoms with Gasteiger partial charge in [-0.1, -0.05) is 19.1 Å². The third-order valence-electron chi connectivity index (χ3n) is 7.01. The predicted octanol–water partition coefficient (Wildman–Crippen LogP) is 4.09. The summed E-state index contributed by atoms with van der Waals surface area (Å²) in [6, 6.07) is 3.03. The Hall–Kier alpha value is -3.45. The van der Waals surface area contributed by atoms with E-state index in [1.165, 1.54) is 0 Å². The van der Waals surface area contributed by atoms with Gasteiger partial charge in [-0.15, -0.1) is 0 Å². The third kappa shape index (κ3) is 4.48. The molecule has 182 valence electrons. The summed E-state index contributed by atoms with van der Waals surface area (Å²) in [7, 11) is 0. The summed E-state index contributed by atoms with van der Waals surface area (Å²) in [5.41, 5.74) is 6.41. The molecule has 3 aliphatic heterocycles. The second kappa shape index (κ2) is 9.30. The van der Waals surface area contributed by atoms with Gasteiger partial charge in [0.15, 0.2) is 0 Å². The third-order valence-corrected chi connectivity index (χ3v) is 7.01. The van der Waals surface area contributed by atoms with Crippen molar-refractivity contribution in [1.29, 1.82) is 0 Å². The number of carbonyl (C=O) groups is 1. The number of rotatable bonds is 4. The van der Waals surface area contributed by atoms with Gasteiger partial charge in [-0.2, -0.15) is 5.10 Å². The van der Waals surface area contributed by atoms with Crippen LogP contribution in [0.2, 0.25) is 0 Å². The zero-order chi connectivity index (χ0) is 24.7. The number of aryl methyl sites for hydroxylation is 2. The Morgan fingerprint density at radius 3 is 2.69 bits per heavy atom. The first kappa shape index (κ1) is 23.3. The van der Waals surface area contributed by atoms with Gasteiger partial charge in [0.1, 0.15) is 0 Å². The lowest BCUT2D eigenvalue weighted by molar-refractivity contribution is -0.122. The molecule has 35 heavy (non-hydrogen) atoms. The number of fused-ring (bicyclic) bond motifs is 2. The molecule has 7 heteroatoms. The molecule has 1 atom stereocenters. The van der Waals surface area contributed by atoms with Crippen LogP contribution < -0.4 is 0 Å². The molecule has 7 nitrogen and oxygen atoms in total. The second-order valence-corrected chi connectivity index (χ2v) is 9.81. The SMILES string of the molecule is CCc1nc(C)cn2nc(C3=CC(=O)N4C=C(N5CCN(C(C)C)[C@H](C)C5)C=C/C4=C\C=C3)cc12. The first-order valence-electron chi connectivity index (χ1n) is 12.5. The molecular formula is C28H34N6O. The van der Waals surface area contributed by atoms with Gasteiger partial charge in [-0.25, -0.2) is 4.52 Å². The van der Waals surface area contributed by atoms with Crippen molar-refractivity contribution in [3.05, 3.63) is 83.4 Å². The molecule has 2 aromatic heterocycles. The number of hydrogen-bond donors (Lipinski definition) is 0. The highest BCUT2D eigenvalue weighted by Crippen LogP contribution is 2.27. The fourth-order valence-corrected chi connectivity index (χ4v) is 5.23. The van der Waals surface area contributed by atoms with Gasteiger partial charge in [0.25, 0.3) is 5.91 Å². The van der Waals surface area contributed by atoms with Crippen LogP contribution in [0.25, 0.3) is 11.1 Å². The topological polar surface area (TPSA) is 57.0 Å². The van der Waals surface area contributed by atoms with Crippen molar-refractivity contribution in [2.45, 2.75) is 53.1 Å². The van der Waals surface area contributed by atoms with Crippen LogP contribution in [0.3, 0.4) is 0 Å². The Balaban J connectivity index is 1.43. The quantitative estimate of drug-likeness (QED) is 0.674. The van der Waals surface area contributed by atoms with Crippen LogP contribution in [-0.2, 0) is 11.2 Å². The van der Waals surface area contributed by atoms with Crippen LogP contribution in [0.1, 0.15) is 44.8 Å². The molecule has 0 aromatic carbocycles. The minimum Gasteiger partial charge on any atom is -0.367 e. The lowest BCUT2D eigenvalue weighted by Crippen LogP contribution is -2.53. The maximum atomic E-state index is 13.4. The molecular weight excluding hydrogens is 436 g/mol. The summed E-state index contributed by atoms with van der Waals surface area (Å²) in [6.45, 7) is 13.8. The minimum absolute atomic E-state index is 0.0756. The Morgan fingerprint density at radius 2 is 1.94 bits per heavy atom.